The van der Waals surface area contributed by atoms with Crippen molar-refractivity contribution in [3.05, 3.63) is 22.7 Å². The first kappa shape index (κ1) is 14.9. The van der Waals surface area contributed by atoms with E-state index in [1.165, 1.54) is 0 Å². The third kappa shape index (κ3) is 3.66. The van der Waals surface area contributed by atoms with Crippen molar-refractivity contribution >= 4 is 17.3 Å². The fraction of sp³-hybridized carbons (Fsp3) is 0.400. The van der Waals surface area contributed by atoms with Gasteiger partial charge in [-0.25, -0.2) is 0 Å². The van der Waals surface area contributed by atoms with E-state index < -0.39 is 30.2 Å². The molecule has 1 unspecified atom stereocenters. The van der Waals surface area contributed by atoms with Crippen molar-refractivity contribution in [1.29, 1.82) is 0 Å². The van der Waals surface area contributed by atoms with Gasteiger partial charge < -0.3 is 20.6 Å². The second kappa shape index (κ2) is 5.64. The number of nitrogens with one attached hydrogen (secondary N) is 1. The van der Waals surface area contributed by atoms with Gasteiger partial charge in [0.15, 0.2) is 0 Å². The summed E-state index contributed by atoms with van der Waals surface area (Å²) in [6.45, 7) is -0.679. The Bertz CT molecular complexity index is 402. The van der Waals surface area contributed by atoms with Gasteiger partial charge in [-0.05, 0) is 12.1 Å². The lowest BCUT2D eigenvalue weighted by Crippen LogP contribution is -2.23. The average Bonchev–Trinajstić information content (AvgIpc) is 2.26. The minimum absolute atomic E-state index is 0.128. The molecule has 0 saturated heterocycles. The van der Waals surface area contributed by atoms with Crippen LogP contribution in [0.2, 0.25) is 5.02 Å². The van der Waals surface area contributed by atoms with Crippen LogP contribution in [0.1, 0.15) is 5.56 Å². The molecule has 0 amide bonds. The molecule has 102 valence electrons. The van der Waals surface area contributed by atoms with Crippen LogP contribution < -0.4 is 5.32 Å². The quantitative estimate of drug-likeness (QED) is 0.637. The van der Waals surface area contributed by atoms with Crippen LogP contribution in [0.4, 0.5) is 18.9 Å². The van der Waals surface area contributed by atoms with Gasteiger partial charge in [-0.3, -0.25) is 0 Å². The van der Waals surface area contributed by atoms with Crippen LogP contribution in [-0.4, -0.2) is 34.6 Å². The number of hydrogen-bond acceptors (Lipinski definition) is 4. The maximum absolute atomic E-state index is 12.4. The summed E-state index contributed by atoms with van der Waals surface area (Å²) in [4.78, 5) is 0. The van der Waals surface area contributed by atoms with Crippen LogP contribution in [0, 0.1) is 0 Å². The third-order valence-electron chi connectivity index (χ3n) is 2.12. The predicted octanol–water partition coefficient (Wildman–Crippen LogP) is 1.83. The van der Waals surface area contributed by atoms with Crippen molar-refractivity contribution < 1.29 is 28.5 Å². The van der Waals surface area contributed by atoms with Gasteiger partial charge in [0.05, 0.1) is 29.0 Å². The lowest BCUT2D eigenvalue weighted by atomic mass is 10.1. The predicted molar refractivity (Wildman–Crippen MR) is 59.7 cm³/mol. The molecule has 0 fully saturated rings. The molecule has 0 aliphatic carbocycles. The van der Waals surface area contributed by atoms with Crippen molar-refractivity contribution in [2.24, 2.45) is 0 Å². The number of rotatable bonds is 4. The van der Waals surface area contributed by atoms with Gasteiger partial charge in [0, 0.05) is 6.54 Å². The zero-order valence-corrected chi connectivity index (χ0v) is 9.76. The van der Waals surface area contributed by atoms with E-state index in [2.05, 4.69) is 5.32 Å². The average molecular weight is 286 g/mol. The highest BCUT2D eigenvalue weighted by Crippen LogP contribution is 2.39. The fourth-order valence-corrected chi connectivity index (χ4v) is 1.50. The summed E-state index contributed by atoms with van der Waals surface area (Å²) < 4.78 is 37.2. The highest BCUT2D eigenvalue weighted by atomic mass is 35.5. The Labute approximate surface area is 106 Å². The standard InChI is InChI=1S/C10H11ClF3NO3/c11-7-1-5(10(12,13)14)2-8(18)9(7)15-3-6(17)4-16/h1-2,6,15-18H,3-4H2. The molecular formula is C10H11ClF3NO3. The van der Waals surface area contributed by atoms with Crippen LogP contribution in [0.5, 0.6) is 5.75 Å². The zero-order chi connectivity index (χ0) is 13.9. The number of halogens is 4. The Morgan fingerprint density at radius 1 is 1.33 bits per heavy atom. The van der Waals surface area contributed by atoms with Gasteiger partial charge >= 0.3 is 6.18 Å². The Hall–Kier alpha value is -1.18. The number of anilines is 1. The highest BCUT2D eigenvalue weighted by Gasteiger charge is 2.32. The summed E-state index contributed by atoms with van der Waals surface area (Å²) in [5.74, 6) is -0.681. The summed E-state index contributed by atoms with van der Waals surface area (Å²) in [5, 5.41) is 29.2. The Kier molecular flexibility index (Phi) is 4.66. The van der Waals surface area contributed by atoms with Crippen LogP contribution in [-0.2, 0) is 6.18 Å². The number of phenolic OH excluding ortho intramolecular Hbond substituents is 1. The number of hydrogen-bond donors (Lipinski definition) is 4. The van der Waals surface area contributed by atoms with Crippen LogP contribution in [0.15, 0.2) is 12.1 Å². The lowest BCUT2D eigenvalue weighted by Gasteiger charge is -2.15. The van der Waals surface area contributed by atoms with Crippen molar-refractivity contribution in [3.63, 3.8) is 0 Å². The van der Waals surface area contributed by atoms with Crippen molar-refractivity contribution in [2.45, 2.75) is 12.3 Å². The van der Waals surface area contributed by atoms with Crippen LogP contribution in [0.3, 0.4) is 0 Å². The Balaban J connectivity index is 2.95. The Morgan fingerprint density at radius 3 is 2.39 bits per heavy atom. The number of aromatic hydroxyl groups is 1. The molecule has 0 aliphatic rings. The van der Waals surface area contributed by atoms with Crippen molar-refractivity contribution in [2.75, 3.05) is 18.5 Å². The largest absolute Gasteiger partial charge is 0.506 e. The molecule has 0 bridgehead atoms. The molecule has 18 heavy (non-hydrogen) atoms. The maximum atomic E-state index is 12.4. The molecule has 8 heteroatoms. The number of aliphatic hydroxyl groups is 2. The SMILES string of the molecule is OCC(O)CNc1c(O)cc(C(F)(F)F)cc1Cl. The molecule has 1 atom stereocenters. The number of phenols is 1. The van der Waals surface area contributed by atoms with E-state index in [-0.39, 0.29) is 17.3 Å². The highest BCUT2D eigenvalue weighted by molar-refractivity contribution is 6.33. The molecule has 0 aromatic heterocycles. The number of aliphatic hydroxyl groups excluding tert-OH is 2. The van der Waals surface area contributed by atoms with E-state index in [4.69, 9.17) is 21.8 Å². The molecule has 4 nitrogen and oxygen atoms in total. The molecule has 0 aliphatic heterocycles. The lowest BCUT2D eigenvalue weighted by molar-refractivity contribution is -0.137. The molecule has 1 aromatic carbocycles. The molecule has 1 rings (SSSR count). The van der Waals surface area contributed by atoms with E-state index >= 15 is 0 Å². The smallest absolute Gasteiger partial charge is 0.416 e. The molecule has 4 N–H and O–H groups in total. The Morgan fingerprint density at radius 2 is 1.94 bits per heavy atom. The first-order valence-electron chi connectivity index (χ1n) is 4.88. The molecule has 0 saturated carbocycles. The zero-order valence-electron chi connectivity index (χ0n) is 9.00. The molecule has 0 spiro atoms. The van der Waals surface area contributed by atoms with E-state index in [0.717, 1.165) is 0 Å². The summed E-state index contributed by atoms with van der Waals surface area (Å²) in [7, 11) is 0. The maximum Gasteiger partial charge on any atom is 0.416 e. The number of benzene rings is 1. The second-order valence-corrected chi connectivity index (χ2v) is 3.97. The fourth-order valence-electron chi connectivity index (χ4n) is 1.22. The minimum Gasteiger partial charge on any atom is -0.506 e. The van der Waals surface area contributed by atoms with Crippen molar-refractivity contribution in [1.82, 2.24) is 0 Å². The minimum atomic E-state index is -4.61. The summed E-state index contributed by atoms with van der Waals surface area (Å²) >= 11 is 5.60. The first-order valence-corrected chi connectivity index (χ1v) is 5.26. The van der Waals surface area contributed by atoms with E-state index in [1.54, 1.807) is 0 Å². The normalized spacial score (nSPS) is 13.4. The van der Waals surface area contributed by atoms with Gasteiger partial charge in [0.2, 0.25) is 0 Å². The topological polar surface area (TPSA) is 72.7 Å². The molecule has 0 radical (unpaired) electrons. The molecule has 1 aromatic rings. The van der Waals surface area contributed by atoms with Gasteiger partial charge in [-0.15, -0.1) is 0 Å². The van der Waals surface area contributed by atoms with E-state index in [1.807, 2.05) is 0 Å². The van der Waals surface area contributed by atoms with Gasteiger partial charge in [0.1, 0.15) is 5.75 Å². The van der Waals surface area contributed by atoms with E-state index in [0.29, 0.717) is 12.1 Å². The van der Waals surface area contributed by atoms with Gasteiger partial charge in [-0.1, -0.05) is 11.6 Å². The van der Waals surface area contributed by atoms with E-state index in [9.17, 15) is 18.3 Å². The van der Waals surface area contributed by atoms with Gasteiger partial charge in [-0.2, -0.15) is 13.2 Å². The summed E-state index contributed by atoms with van der Waals surface area (Å²) in [6, 6.07) is 1.19. The molecule has 0 heterocycles. The summed E-state index contributed by atoms with van der Waals surface area (Å²) in [5.41, 5.74) is -1.20. The van der Waals surface area contributed by atoms with Crippen LogP contribution >= 0.6 is 11.6 Å². The van der Waals surface area contributed by atoms with Gasteiger partial charge in [0.25, 0.3) is 0 Å². The monoisotopic (exact) mass is 285 g/mol. The van der Waals surface area contributed by atoms with Crippen LogP contribution in [0.25, 0.3) is 0 Å². The molecular weight excluding hydrogens is 275 g/mol. The summed E-state index contributed by atoms with van der Waals surface area (Å²) in [6.07, 6.45) is -5.72. The first-order chi connectivity index (χ1) is 8.25. The second-order valence-electron chi connectivity index (χ2n) is 3.57. The van der Waals surface area contributed by atoms with Crippen molar-refractivity contribution in [3.8, 4) is 5.75 Å². The third-order valence-corrected chi connectivity index (χ3v) is 2.42. The number of alkyl halides is 3.